The summed E-state index contributed by atoms with van der Waals surface area (Å²) < 4.78 is 12.1. The van der Waals surface area contributed by atoms with E-state index >= 15 is 0 Å². The molecule has 0 bridgehead atoms. The van der Waals surface area contributed by atoms with Crippen LogP contribution in [-0.2, 0) is 9.53 Å². The van der Waals surface area contributed by atoms with Crippen LogP contribution < -0.4 is 15.0 Å². The first-order chi connectivity index (χ1) is 14.7. The molecule has 3 aromatic rings. The lowest BCUT2D eigenvalue weighted by atomic mass is 9.97. The Morgan fingerprint density at radius 3 is 2.87 bits per heavy atom. The Balaban J connectivity index is 1.41. The summed E-state index contributed by atoms with van der Waals surface area (Å²) in [4.78, 5) is 20.3. The maximum atomic E-state index is 12.5. The number of nitrogens with one attached hydrogen (secondary N) is 1. The highest BCUT2D eigenvalue weighted by Crippen LogP contribution is 2.30. The van der Waals surface area contributed by atoms with E-state index in [2.05, 4.69) is 10.2 Å². The van der Waals surface area contributed by atoms with Crippen LogP contribution in [0.3, 0.4) is 0 Å². The first kappa shape index (κ1) is 20.6. The Morgan fingerprint density at radius 1 is 1.30 bits per heavy atom. The number of aromatic nitrogens is 3. The topological polar surface area (TPSA) is 81.0 Å². The van der Waals surface area contributed by atoms with Crippen molar-refractivity contribution in [2.24, 2.45) is 5.92 Å². The van der Waals surface area contributed by atoms with E-state index < -0.39 is 0 Å². The molecule has 4 rings (SSSR count). The van der Waals surface area contributed by atoms with Crippen LogP contribution in [0.1, 0.15) is 19.3 Å². The van der Waals surface area contributed by atoms with E-state index in [4.69, 9.17) is 19.6 Å². The summed E-state index contributed by atoms with van der Waals surface area (Å²) in [5.41, 5.74) is 1.91. The molecule has 1 atom stereocenters. The van der Waals surface area contributed by atoms with Gasteiger partial charge in [0.2, 0.25) is 16.0 Å². The molecule has 0 radical (unpaired) electrons. The van der Waals surface area contributed by atoms with Gasteiger partial charge >= 0.3 is 0 Å². The van der Waals surface area contributed by atoms with Crippen molar-refractivity contribution in [1.82, 2.24) is 19.9 Å². The molecular formula is C21H27N5O3S. The Hall–Kier alpha value is -2.65. The maximum absolute atomic E-state index is 12.5. The van der Waals surface area contributed by atoms with Crippen LogP contribution >= 0.6 is 11.3 Å². The van der Waals surface area contributed by atoms with E-state index in [-0.39, 0.29) is 11.8 Å². The van der Waals surface area contributed by atoms with E-state index in [1.807, 2.05) is 35.0 Å². The molecule has 1 aliphatic heterocycles. The molecule has 0 saturated carbocycles. The predicted octanol–water partition coefficient (Wildman–Crippen LogP) is 2.84. The van der Waals surface area contributed by atoms with Crippen molar-refractivity contribution in [3.8, 4) is 17.0 Å². The monoisotopic (exact) mass is 429 g/mol. The average Bonchev–Trinajstić information content (AvgIpc) is 3.36. The third kappa shape index (κ3) is 4.57. The van der Waals surface area contributed by atoms with Crippen LogP contribution in [0.25, 0.3) is 16.2 Å². The number of nitrogens with zero attached hydrogens (tertiary/aromatic N) is 4. The summed E-state index contributed by atoms with van der Waals surface area (Å²) in [6.07, 6.45) is 4.67. The molecule has 0 aliphatic carbocycles. The van der Waals surface area contributed by atoms with E-state index in [1.165, 1.54) is 0 Å². The van der Waals surface area contributed by atoms with Crippen molar-refractivity contribution in [3.05, 3.63) is 30.5 Å². The van der Waals surface area contributed by atoms with Gasteiger partial charge in [-0.1, -0.05) is 11.3 Å². The van der Waals surface area contributed by atoms with Gasteiger partial charge in [-0.25, -0.2) is 9.50 Å². The van der Waals surface area contributed by atoms with E-state index in [0.717, 1.165) is 52.9 Å². The molecule has 1 N–H and O–H groups in total. The number of imidazole rings is 1. The van der Waals surface area contributed by atoms with Crippen LogP contribution in [-0.4, -0.2) is 61.0 Å². The quantitative estimate of drug-likeness (QED) is 0.555. The second-order valence-electron chi connectivity index (χ2n) is 7.39. The van der Waals surface area contributed by atoms with E-state index in [0.29, 0.717) is 19.7 Å². The Bertz CT molecular complexity index is 953. The van der Waals surface area contributed by atoms with Gasteiger partial charge in [-0.3, -0.25) is 4.79 Å². The normalized spacial score (nSPS) is 16.7. The minimum absolute atomic E-state index is 0.00706. The van der Waals surface area contributed by atoms with Crippen LogP contribution in [0.4, 0.5) is 5.13 Å². The molecule has 0 spiro atoms. The minimum atomic E-state index is -0.00706. The molecule has 1 fully saturated rings. The standard InChI is InChI=1S/C21H27N5O3S/c1-28-12-4-10-22-19(27)16-5-3-11-25(13-16)21-24-26-14-18(23-20(26)30-21)15-6-8-17(29-2)9-7-15/h6-9,14,16H,3-5,10-13H2,1-2H3,(H,22,27)/t16-/m0/s1. The number of hydrogen-bond donors (Lipinski definition) is 1. The zero-order valence-corrected chi connectivity index (χ0v) is 18.2. The molecule has 30 heavy (non-hydrogen) atoms. The largest absolute Gasteiger partial charge is 0.497 e. The minimum Gasteiger partial charge on any atom is -0.497 e. The summed E-state index contributed by atoms with van der Waals surface area (Å²) in [6.45, 7) is 2.92. The lowest BCUT2D eigenvalue weighted by Crippen LogP contribution is -2.43. The molecule has 1 aliphatic rings. The highest BCUT2D eigenvalue weighted by atomic mass is 32.1. The maximum Gasteiger partial charge on any atom is 0.224 e. The number of amides is 1. The number of benzene rings is 1. The smallest absolute Gasteiger partial charge is 0.224 e. The molecule has 2 aromatic heterocycles. The van der Waals surface area contributed by atoms with Crippen LogP contribution in [0.5, 0.6) is 5.75 Å². The first-order valence-electron chi connectivity index (χ1n) is 10.2. The highest BCUT2D eigenvalue weighted by Gasteiger charge is 2.27. The zero-order chi connectivity index (χ0) is 20.9. The first-order valence-corrected chi connectivity index (χ1v) is 11.0. The van der Waals surface area contributed by atoms with Gasteiger partial charge in [0.1, 0.15) is 5.75 Å². The summed E-state index contributed by atoms with van der Waals surface area (Å²) in [5.74, 6) is 0.939. The number of fused-ring (bicyclic) bond motifs is 1. The van der Waals surface area contributed by atoms with Crippen molar-refractivity contribution < 1.29 is 14.3 Å². The molecule has 0 unspecified atom stereocenters. The number of carbonyl (C=O) groups excluding carboxylic acids is 1. The van der Waals surface area contributed by atoms with Crippen molar-refractivity contribution in [2.45, 2.75) is 19.3 Å². The number of hydrogen-bond acceptors (Lipinski definition) is 7. The van der Waals surface area contributed by atoms with Crippen LogP contribution in [0.2, 0.25) is 0 Å². The molecular weight excluding hydrogens is 402 g/mol. The third-order valence-electron chi connectivity index (χ3n) is 5.31. The van der Waals surface area contributed by atoms with Gasteiger partial charge in [0.15, 0.2) is 0 Å². The number of piperidine rings is 1. The Labute approximate surface area is 179 Å². The van der Waals surface area contributed by atoms with Gasteiger partial charge in [0.25, 0.3) is 0 Å². The average molecular weight is 430 g/mol. The Kier molecular flexibility index (Phi) is 6.49. The van der Waals surface area contributed by atoms with Gasteiger partial charge in [0, 0.05) is 38.9 Å². The fourth-order valence-corrected chi connectivity index (χ4v) is 4.57. The molecule has 1 saturated heterocycles. The Morgan fingerprint density at radius 2 is 2.13 bits per heavy atom. The second-order valence-corrected chi connectivity index (χ2v) is 8.32. The molecule has 160 valence electrons. The van der Waals surface area contributed by atoms with Gasteiger partial charge in [-0.2, -0.15) is 0 Å². The lowest BCUT2D eigenvalue weighted by molar-refractivity contribution is -0.125. The van der Waals surface area contributed by atoms with E-state index in [9.17, 15) is 4.79 Å². The molecule has 3 heterocycles. The summed E-state index contributed by atoms with van der Waals surface area (Å²) in [7, 11) is 3.33. The van der Waals surface area contributed by atoms with Crippen LogP contribution in [0.15, 0.2) is 30.5 Å². The van der Waals surface area contributed by atoms with Crippen molar-refractivity contribution >= 4 is 27.3 Å². The van der Waals surface area contributed by atoms with Crippen LogP contribution in [0, 0.1) is 5.92 Å². The molecule has 8 nitrogen and oxygen atoms in total. The molecule has 9 heteroatoms. The molecule has 1 amide bonds. The summed E-state index contributed by atoms with van der Waals surface area (Å²) >= 11 is 1.56. The summed E-state index contributed by atoms with van der Waals surface area (Å²) in [5, 5.41) is 8.66. The number of ether oxygens (including phenoxy) is 2. The van der Waals surface area contributed by atoms with Crippen molar-refractivity contribution in [2.75, 3.05) is 45.4 Å². The lowest BCUT2D eigenvalue weighted by Gasteiger charge is -2.31. The molecule has 1 aromatic carbocycles. The number of rotatable bonds is 8. The van der Waals surface area contributed by atoms with Gasteiger partial charge in [-0.05, 0) is 43.5 Å². The van der Waals surface area contributed by atoms with E-state index in [1.54, 1.807) is 25.6 Å². The fourth-order valence-electron chi connectivity index (χ4n) is 3.66. The predicted molar refractivity (Wildman–Crippen MR) is 117 cm³/mol. The van der Waals surface area contributed by atoms with Crippen molar-refractivity contribution in [1.29, 1.82) is 0 Å². The fraction of sp³-hybridized carbons (Fsp3) is 0.476. The van der Waals surface area contributed by atoms with Gasteiger partial charge in [0.05, 0.1) is 24.9 Å². The highest BCUT2D eigenvalue weighted by molar-refractivity contribution is 7.20. The SMILES string of the molecule is COCCCNC(=O)[C@H]1CCCN(c2nn3cc(-c4ccc(OC)cc4)nc3s2)C1. The zero-order valence-electron chi connectivity index (χ0n) is 17.3. The van der Waals surface area contributed by atoms with Gasteiger partial charge < -0.3 is 19.7 Å². The third-order valence-corrected chi connectivity index (χ3v) is 6.29. The number of carbonyl (C=O) groups is 1. The number of methoxy groups -OCH3 is 2. The number of anilines is 1. The summed E-state index contributed by atoms with van der Waals surface area (Å²) in [6, 6.07) is 7.84. The second kappa shape index (κ2) is 9.44. The van der Waals surface area contributed by atoms with Gasteiger partial charge in [-0.15, -0.1) is 5.10 Å². The van der Waals surface area contributed by atoms with Crippen molar-refractivity contribution in [3.63, 3.8) is 0 Å².